The van der Waals surface area contributed by atoms with Gasteiger partial charge in [-0.25, -0.2) is 0 Å². The molecule has 2 radical (unpaired) electrons. The van der Waals surface area contributed by atoms with Crippen molar-refractivity contribution in [2.75, 3.05) is 0 Å². The predicted octanol–water partition coefficient (Wildman–Crippen LogP) is 8.04. The quantitative estimate of drug-likeness (QED) is 0.153. The Morgan fingerprint density at radius 2 is 0.893 bits per heavy atom. The monoisotopic (exact) mass is 554 g/mol. The smallest absolute Gasteiger partial charge is 0.358 e. The van der Waals surface area contributed by atoms with Crippen molar-refractivity contribution in [3.05, 3.63) is 97.8 Å². The summed E-state index contributed by atoms with van der Waals surface area (Å²) in [5, 5.41) is 5.51. The van der Waals surface area contributed by atoms with Crippen LogP contribution in [0.25, 0.3) is 21.5 Å². The maximum absolute atomic E-state index is 2.24. The van der Waals surface area contributed by atoms with Crippen LogP contribution < -0.4 is 0 Å². The fourth-order valence-corrected chi connectivity index (χ4v) is 3.04. The summed E-state index contributed by atoms with van der Waals surface area (Å²) in [7, 11) is 1.08. The fourth-order valence-electron chi connectivity index (χ4n) is 3.04. The van der Waals surface area contributed by atoms with Gasteiger partial charge >= 0.3 is 25.8 Å². The molecule has 0 nitrogen and oxygen atoms in total. The molecule has 28 heavy (non-hydrogen) atoms. The van der Waals surface area contributed by atoms with Crippen LogP contribution in [0.15, 0.2) is 60.7 Å². The van der Waals surface area contributed by atoms with Gasteiger partial charge in [0.25, 0.3) is 0 Å². The molecule has 0 atom stereocenters. The van der Waals surface area contributed by atoms with Crippen LogP contribution >= 0.6 is 0 Å². The van der Waals surface area contributed by atoms with Crippen molar-refractivity contribution < 1.29 is 25.8 Å². The number of hydrogen-bond acceptors (Lipinski definition) is 0. The standard InChI is InChI=1S/2C11H11.C2H6Si.2CH3.Hf/c2*1-8-7-10-5-3-4-6-11(10)9(8)2;1-3-2;;;/h2*3-7H,1-2H3;1-2H3;2*1H3;/q2*-1;;2*-1;+4. The first-order chi connectivity index (χ1) is 12.0. The summed E-state index contributed by atoms with van der Waals surface area (Å²) in [5.41, 5.74) is 5.62. The van der Waals surface area contributed by atoms with E-state index in [2.05, 4.69) is 101 Å². The Balaban J connectivity index is 0. The largest absolute Gasteiger partial charge is 4.00 e. The van der Waals surface area contributed by atoms with E-state index in [0.29, 0.717) is 0 Å². The number of benzene rings is 2. The summed E-state index contributed by atoms with van der Waals surface area (Å²) in [6.45, 7) is 13.0. The van der Waals surface area contributed by atoms with Crippen molar-refractivity contribution in [3.63, 3.8) is 0 Å². The van der Waals surface area contributed by atoms with Gasteiger partial charge in [-0.1, -0.05) is 52.9 Å². The van der Waals surface area contributed by atoms with E-state index in [4.69, 9.17) is 0 Å². The maximum Gasteiger partial charge on any atom is 4.00 e. The fraction of sp³-hybridized carbons (Fsp3) is 0.231. The molecule has 0 amide bonds. The Morgan fingerprint density at radius 1 is 0.607 bits per heavy atom. The van der Waals surface area contributed by atoms with Gasteiger partial charge in [-0.2, -0.15) is 11.1 Å². The zero-order chi connectivity index (χ0) is 18.4. The minimum atomic E-state index is 0. The summed E-state index contributed by atoms with van der Waals surface area (Å²) < 4.78 is 0. The molecule has 4 aromatic carbocycles. The SMILES string of the molecule is C[Si]C.Cc1[cH-]c2ccccc2c1C.Cc1[cH-]c2ccccc2c1C.[CH3-].[CH3-].[Hf+4]. The second-order valence-electron chi connectivity index (χ2n) is 6.58. The summed E-state index contributed by atoms with van der Waals surface area (Å²) >= 11 is 0. The Bertz CT molecular complexity index is 866. The van der Waals surface area contributed by atoms with Crippen molar-refractivity contribution in [1.82, 2.24) is 0 Å². The van der Waals surface area contributed by atoms with Gasteiger partial charge in [0.15, 0.2) is 0 Å². The molecule has 0 aliphatic rings. The molecule has 2 heteroatoms. The van der Waals surface area contributed by atoms with Gasteiger partial charge in [0, 0.05) is 9.52 Å². The van der Waals surface area contributed by atoms with Crippen molar-refractivity contribution in [3.8, 4) is 0 Å². The Morgan fingerprint density at radius 3 is 1.18 bits per heavy atom. The van der Waals surface area contributed by atoms with E-state index in [1.807, 2.05) is 0 Å². The maximum atomic E-state index is 2.24. The van der Waals surface area contributed by atoms with Crippen molar-refractivity contribution in [2.45, 2.75) is 40.8 Å². The van der Waals surface area contributed by atoms with Gasteiger partial charge in [-0.15, -0.1) is 81.2 Å². The van der Waals surface area contributed by atoms with Gasteiger partial charge in [-0.05, 0) is 0 Å². The average molecular weight is 553 g/mol. The third-order valence-electron chi connectivity index (χ3n) is 4.66. The zero-order valence-electron chi connectivity index (χ0n) is 18.8. The third kappa shape index (κ3) is 6.97. The molecular formula is C26H34HfSi. The third-order valence-corrected chi connectivity index (χ3v) is 4.66. The van der Waals surface area contributed by atoms with Crippen LogP contribution in [0.4, 0.5) is 0 Å². The molecule has 146 valence electrons. The van der Waals surface area contributed by atoms with Gasteiger partial charge in [0.05, 0.1) is 0 Å². The van der Waals surface area contributed by atoms with Crippen LogP contribution in [0.2, 0.25) is 13.1 Å². The second-order valence-corrected chi connectivity index (χ2v) is 7.58. The predicted molar refractivity (Wildman–Crippen MR) is 128 cm³/mol. The molecule has 0 unspecified atom stereocenters. The summed E-state index contributed by atoms with van der Waals surface area (Å²) in [4.78, 5) is 0. The second kappa shape index (κ2) is 13.8. The minimum absolute atomic E-state index is 0. The molecule has 0 spiro atoms. The van der Waals surface area contributed by atoms with E-state index < -0.39 is 0 Å². The van der Waals surface area contributed by atoms with Crippen LogP contribution in [0.3, 0.4) is 0 Å². The van der Waals surface area contributed by atoms with E-state index in [0.717, 1.165) is 9.52 Å². The molecule has 0 saturated carbocycles. The van der Waals surface area contributed by atoms with E-state index in [1.54, 1.807) is 0 Å². The molecule has 4 rings (SSSR count). The van der Waals surface area contributed by atoms with Crippen molar-refractivity contribution in [2.24, 2.45) is 0 Å². The Labute approximate surface area is 194 Å². The van der Waals surface area contributed by atoms with E-state index in [-0.39, 0.29) is 40.7 Å². The molecule has 0 N–H and O–H groups in total. The molecule has 0 aromatic heterocycles. The average Bonchev–Trinajstić information content (AvgIpc) is 3.06. The van der Waals surface area contributed by atoms with Crippen LogP contribution in [0.5, 0.6) is 0 Å². The first kappa shape index (κ1) is 29.0. The Kier molecular flexibility index (Phi) is 14.3. The molecule has 0 aliphatic heterocycles. The van der Waals surface area contributed by atoms with E-state index >= 15 is 0 Å². The van der Waals surface area contributed by atoms with Gasteiger partial charge in [0.1, 0.15) is 0 Å². The first-order valence-electron chi connectivity index (χ1n) is 8.81. The molecular weight excluding hydrogens is 519 g/mol. The zero-order valence-corrected chi connectivity index (χ0v) is 23.4. The summed E-state index contributed by atoms with van der Waals surface area (Å²) in [6, 6.07) is 21.5. The van der Waals surface area contributed by atoms with Crippen LogP contribution in [0, 0.1) is 42.5 Å². The van der Waals surface area contributed by atoms with Gasteiger partial charge < -0.3 is 14.9 Å². The molecule has 0 saturated heterocycles. The summed E-state index contributed by atoms with van der Waals surface area (Å²) in [6.07, 6.45) is 0. The number of fused-ring (bicyclic) bond motifs is 2. The molecule has 0 aliphatic carbocycles. The van der Waals surface area contributed by atoms with Crippen LogP contribution in [-0.4, -0.2) is 9.52 Å². The van der Waals surface area contributed by atoms with Crippen molar-refractivity contribution in [1.29, 1.82) is 0 Å². The topological polar surface area (TPSA) is 0 Å². The molecule has 0 fully saturated rings. The van der Waals surface area contributed by atoms with E-state index in [9.17, 15) is 0 Å². The van der Waals surface area contributed by atoms with Crippen molar-refractivity contribution >= 4 is 31.1 Å². The first-order valence-corrected chi connectivity index (χ1v) is 10.8. The van der Waals surface area contributed by atoms with Crippen LogP contribution in [0.1, 0.15) is 22.3 Å². The van der Waals surface area contributed by atoms with Crippen LogP contribution in [-0.2, 0) is 25.8 Å². The summed E-state index contributed by atoms with van der Waals surface area (Å²) in [5.74, 6) is 0. The van der Waals surface area contributed by atoms with Gasteiger partial charge in [-0.3, -0.25) is 0 Å². The van der Waals surface area contributed by atoms with E-state index in [1.165, 1.54) is 43.8 Å². The number of rotatable bonds is 0. The molecule has 4 aromatic rings. The number of aryl methyl sites for hydroxylation is 4. The normalized spacial score (nSPS) is 9.07. The molecule has 0 bridgehead atoms. The Hall–Kier alpha value is -1.25. The molecule has 0 heterocycles. The van der Waals surface area contributed by atoms with Gasteiger partial charge in [0.2, 0.25) is 0 Å². The number of hydrogen-bond donors (Lipinski definition) is 0. The minimum Gasteiger partial charge on any atom is -0.358 e.